The number of nitrogens with zero attached hydrogens (tertiary/aromatic N) is 1. The van der Waals surface area contributed by atoms with Crippen LogP contribution in [-0.2, 0) is 21.2 Å². The largest absolute Gasteiger partial charge is 0.356 e. The molecule has 1 aromatic rings. The lowest BCUT2D eigenvalue weighted by Crippen LogP contribution is -2.46. The van der Waals surface area contributed by atoms with Crippen molar-refractivity contribution in [1.82, 2.24) is 9.62 Å². The quantitative estimate of drug-likeness (QED) is 0.720. The highest BCUT2D eigenvalue weighted by atomic mass is 32.2. The molecule has 156 valence electrons. The highest BCUT2D eigenvalue weighted by Gasteiger charge is 2.32. The first kappa shape index (κ1) is 21.3. The Labute approximate surface area is 169 Å². The first-order valence-electron chi connectivity index (χ1n) is 10.8. The van der Waals surface area contributed by atoms with Gasteiger partial charge in [0.15, 0.2) is 0 Å². The molecule has 3 rings (SSSR count). The minimum atomic E-state index is -3.30. The van der Waals surface area contributed by atoms with Gasteiger partial charge in [-0.05, 0) is 50.0 Å². The number of hydrogen-bond acceptors (Lipinski definition) is 3. The third kappa shape index (κ3) is 6.31. The molecule has 0 radical (unpaired) electrons. The molecule has 1 atom stereocenters. The van der Waals surface area contributed by atoms with E-state index in [1.807, 2.05) is 30.3 Å². The first-order valence-corrected chi connectivity index (χ1v) is 12.4. The molecule has 6 heteroatoms. The van der Waals surface area contributed by atoms with Crippen LogP contribution in [0.3, 0.4) is 0 Å². The topological polar surface area (TPSA) is 66.5 Å². The summed E-state index contributed by atoms with van der Waals surface area (Å²) in [5, 5.41) is 3.10. The van der Waals surface area contributed by atoms with Crippen LogP contribution in [0.25, 0.3) is 0 Å². The van der Waals surface area contributed by atoms with Crippen LogP contribution >= 0.6 is 0 Å². The van der Waals surface area contributed by atoms with Crippen LogP contribution < -0.4 is 5.32 Å². The normalized spacial score (nSPS) is 22.1. The molecule has 0 aromatic heterocycles. The van der Waals surface area contributed by atoms with Crippen molar-refractivity contribution < 1.29 is 13.2 Å². The van der Waals surface area contributed by atoms with Crippen molar-refractivity contribution in [2.45, 2.75) is 57.8 Å². The molecular formula is C22H34N2O3S. The van der Waals surface area contributed by atoms with Crippen molar-refractivity contribution in [3.05, 3.63) is 35.9 Å². The van der Waals surface area contributed by atoms with E-state index in [0.29, 0.717) is 25.4 Å². The summed E-state index contributed by atoms with van der Waals surface area (Å²) < 4.78 is 27.0. The number of benzene rings is 1. The molecule has 1 saturated carbocycles. The van der Waals surface area contributed by atoms with Gasteiger partial charge in [-0.15, -0.1) is 0 Å². The zero-order valence-corrected chi connectivity index (χ0v) is 17.6. The summed E-state index contributed by atoms with van der Waals surface area (Å²) in [6.07, 6.45) is 9.16. The van der Waals surface area contributed by atoms with Gasteiger partial charge >= 0.3 is 0 Å². The summed E-state index contributed by atoms with van der Waals surface area (Å²) in [5.74, 6) is 0.577. The Bertz CT molecular complexity index is 715. The average Bonchev–Trinajstić information content (AvgIpc) is 2.73. The maximum Gasteiger partial charge on any atom is 0.224 e. The summed E-state index contributed by atoms with van der Waals surface area (Å²) in [5.41, 5.74) is 1.16. The third-order valence-electron chi connectivity index (χ3n) is 6.15. The lowest BCUT2D eigenvalue weighted by Gasteiger charge is -2.32. The SMILES string of the molecule is O=C(NCC1CCCCC1)[C@@H]1CCCN(S(=O)(=O)CCCc2ccccc2)C1. The van der Waals surface area contributed by atoms with Gasteiger partial charge in [0.25, 0.3) is 0 Å². The summed E-state index contributed by atoms with van der Waals surface area (Å²) in [7, 11) is -3.30. The first-order chi connectivity index (χ1) is 13.5. The molecule has 1 amide bonds. The second-order valence-corrected chi connectivity index (χ2v) is 10.4. The number of piperidine rings is 1. The van der Waals surface area contributed by atoms with E-state index >= 15 is 0 Å². The maximum atomic E-state index is 12.7. The Kier molecular flexibility index (Phi) is 7.91. The molecule has 1 N–H and O–H groups in total. The Balaban J connectivity index is 1.45. The lowest BCUT2D eigenvalue weighted by molar-refractivity contribution is -0.126. The van der Waals surface area contributed by atoms with Crippen molar-refractivity contribution in [3.63, 3.8) is 0 Å². The van der Waals surface area contributed by atoms with Crippen LogP contribution in [0.5, 0.6) is 0 Å². The summed E-state index contributed by atoms with van der Waals surface area (Å²) in [6, 6.07) is 9.98. The minimum Gasteiger partial charge on any atom is -0.356 e. The lowest BCUT2D eigenvalue weighted by atomic mass is 9.89. The third-order valence-corrected chi connectivity index (χ3v) is 8.07. The minimum absolute atomic E-state index is 0.0368. The number of amides is 1. The fourth-order valence-electron chi connectivity index (χ4n) is 4.42. The van der Waals surface area contributed by atoms with Crippen LogP contribution in [-0.4, -0.2) is 44.0 Å². The summed E-state index contributed by atoms with van der Waals surface area (Å²) >= 11 is 0. The van der Waals surface area contributed by atoms with Gasteiger partial charge in [-0.25, -0.2) is 12.7 Å². The molecule has 28 heavy (non-hydrogen) atoms. The van der Waals surface area contributed by atoms with Crippen LogP contribution in [0.15, 0.2) is 30.3 Å². The predicted molar refractivity (Wildman–Crippen MR) is 112 cm³/mol. The van der Waals surface area contributed by atoms with E-state index in [2.05, 4.69) is 5.32 Å². The number of sulfonamides is 1. The Morgan fingerprint density at radius 3 is 2.54 bits per heavy atom. The zero-order valence-electron chi connectivity index (χ0n) is 16.8. The molecule has 0 spiro atoms. The van der Waals surface area contributed by atoms with Crippen molar-refractivity contribution in [3.8, 4) is 0 Å². The van der Waals surface area contributed by atoms with Crippen LogP contribution in [0.1, 0.15) is 56.9 Å². The summed E-state index contributed by atoms with van der Waals surface area (Å²) in [6.45, 7) is 1.63. The van der Waals surface area contributed by atoms with Gasteiger partial charge in [0, 0.05) is 19.6 Å². The smallest absolute Gasteiger partial charge is 0.224 e. The van der Waals surface area contributed by atoms with E-state index in [0.717, 1.165) is 31.4 Å². The van der Waals surface area contributed by atoms with Gasteiger partial charge in [0.2, 0.25) is 15.9 Å². The van der Waals surface area contributed by atoms with E-state index in [1.165, 1.54) is 32.1 Å². The van der Waals surface area contributed by atoms with E-state index in [1.54, 1.807) is 4.31 Å². The van der Waals surface area contributed by atoms with Gasteiger partial charge in [0.05, 0.1) is 11.7 Å². The standard InChI is InChI=1S/C22H34N2O3S/c25-22(23-17-20-11-5-2-6-12-20)21-14-7-15-24(18-21)28(26,27)16-8-13-19-9-3-1-4-10-19/h1,3-4,9-10,20-21H,2,5-8,11-18H2,(H,23,25)/t21-/m1/s1. The number of aryl methyl sites for hydroxylation is 1. The molecule has 1 saturated heterocycles. The van der Waals surface area contributed by atoms with Gasteiger partial charge in [-0.2, -0.15) is 0 Å². The zero-order chi connectivity index (χ0) is 19.8. The Hall–Kier alpha value is -1.40. The Morgan fingerprint density at radius 1 is 1.04 bits per heavy atom. The van der Waals surface area contributed by atoms with Crippen molar-refractivity contribution in [2.75, 3.05) is 25.4 Å². The van der Waals surface area contributed by atoms with E-state index < -0.39 is 10.0 Å². The van der Waals surface area contributed by atoms with E-state index in [9.17, 15) is 13.2 Å². The fourth-order valence-corrected chi connectivity index (χ4v) is 6.00. The van der Waals surface area contributed by atoms with Gasteiger partial charge < -0.3 is 5.32 Å². The molecule has 1 heterocycles. The highest BCUT2D eigenvalue weighted by molar-refractivity contribution is 7.89. The monoisotopic (exact) mass is 406 g/mol. The van der Waals surface area contributed by atoms with Crippen molar-refractivity contribution in [1.29, 1.82) is 0 Å². The second-order valence-electron chi connectivity index (χ2n) is 8.35. The molecule has 5 nitrogen and oxygen atoms in total. The van der Waals surface area contributed by atoms with Crippen LogP contribution in [0.4, 0.5) is 0 Å². The van der Waals surface area contributed by atoms with Crippen LogP contribution in [0, 0.1) is 11.8 Å². The van der Waals surface area contributed by atoms with Crippen molar-refractivity contribution >= 4 is 15.9 Å². The molecule has 0 bridgehead atoms. The van der Waals surface area contributed by atoms with Gasteiger partial charge in [-0.1, -0.05) is 49.6 Å². The maximum absolute atomic E-state index is 12.7. The molecule has 0 unspecified atom stereocenters. The molecular weight excluding hydrogens is 372 g/mol. The van der Waals surface area contributed by atoms with Crippen molar-refractivity contribution in [2.24, 2.45) is 11.8 Å². The van der Waals surface area contributed by atoms with Crippen LogP contribution in [0.2, 0.25) is 0 Å². The number of rotatable bonds is 8. The second kappa shape index (κ2) is 10.4. The Morgan fingerprint density at radius 2 is 1.79 bits per heavy atom. The molecule has 1 aliphatic heterocycles. The molecule has 1 aliphatic carbocycles. The van der Waals surface area contributed by atoms with E-state index in [-0.39, 0.29) is 17.6 Å². The molecule has 1 aromatic carbocycles. The molecule has 2 fully saturated rings. The fraction of sp³-hybridized carbons (Fsp3) is 0.682. The molecule has 2 aliphatic rings. The average molecular weight is 407 g/mol. The van der Waals surface area contributed by atoms with Gasteiger partial charge in [0.1, 0.15) is 0 Å². The number of nitrogens with one attached hydrogen (secondary N) is 1. The number of carbonyl (C=O) groups is 1. The predicted octanol–water partition coefficient (Wildman–Crippen LogP) is 3.36. The van der Waals surface area contributed by atoms with Gasteiger partial charge in [-0.3, -0.25) is 4.79 Å². The highest BCUT2D eigenvalue weighted by Crippen LogP contribution is 2.24. The van der Waals surface area contributed by atoms with E-state index in [4.69, 9.17) is 0 Å². The number of carbonyl (C=O) groups excluding carboxylic acids is 1. The number of hydrogen-bond donors (Lipinski definition) is 1. The summed E-state index contributed by atoms with van der Waals surface area (Å²) in [4.78, 5) is 12.6.